The Morgan fingerprint density at radius 3 is 2.54 bits per heavy atom. The zero-order valence-corrected chi connectivity index (χ0v) is 16.7. The van der Waals surface area contributed by atoms with Crippen molar-refractivity contribution >= 4 is 52.2 Å². The summed E-state index contributed by atoms with van der Waals surface area (Å²) in [4.78, 5) is 31.7. The second-order valence-corrected chi connectivity index (χ2v) is 7.44. The predicted molar refractivity (Wildman–Crippen MR) is 108 cm³/mol. The second-order valence-electron chi connectivity index (χ2n) is 5.61. The van der Waals surface area contributed by atoms with E-state index in [9.17, 15) is 14.9 Å². The van der Waals surface area contributed by atoms with Crippen molar-refractivity contribution in [2.75, 3.05) is 5.32 Å². The van der Waals surface area contributed by atoms with E-state index in [0.717, 1.165) is 10.5 Å². The molecular weight excluding hydrogens is 423 g/mol. The van der Waals surface area contributed by atoms with Crippen molar-refractivity contribution in [3.63, 3.8) is 0 Å². The van der Waals surface area contributed by atoms with E-state index in [-0.39, 0.29) is 22.1 Å². The number of carbonyl (C=O) groups is 1. The molecule has 0 aliphatic rings. The van der Waals surface area contributed by atoms with Gasteiger partial charge in [0.2, 0.25) is 0 Å². The number of aromatic nitrogens is 2. The molecule has 142 valence electrons. The third kappa shape index (κ3) is 4.59. The number of rotatable bonds is 5. The fourth-order valence-electron chi connectivity index (χ4n) is 2.24. The lowest BCUT2D eigenvalue weighted by Gasteiger charge is -2.12. The summed E-state index contributed by atoms with van der Waals surface area (Å²) in [6.45, 7) is 1.93. The topological polar surface area (TPSA) is 98.0 Å². The average molecular weight is 435 g/mol. The molecule has 1 N–H and O–H groups in total. The van der Waals surface area contributed by atoms with E-state index in [4.69, 9.17) is 23.2 Å². The lowest BCUT2D eigenvalue weighted by molar-refractivity contribution is -0.384. The highest BCUT2D eigenvalue weighted by molar-refractivity contribution is 7.99. The largest absolute Gasteiger partial charge is 0.317 e. The van der Waals surface area contributed by atoms with Crippen LogP contribution in [-0.4, -0.2) is 20.8 Å². The van der Waals surface area contributed by atoms with Gasteiger partial charge in [-0.2, -0.15) is 0 Å². The van der Waals surface area contributed by atoms with Crippen LogP contribution in [0, 0.1) is 17.0 Å². The molecule has 2 aromatic carbocycles. The van der Waals surface area contributed by atoms with Crippen LogP contribution in [0.4, 0.5) is 11.4 Å². The summed E-state index contributed by atoms with van der Waals surface area (Å²) in [5, 5.41) is 14.5. The first kappa shape index (κ1) is 20.1. The summed E-state index contributed by atoms with van der Waals surface area (Å²) in [7, 11) is 0. The molecular formula is C18H12Cl2N4O3S. The Bertz CT molecular complexity index is 1060. The summed E-state index contributed by atoms with van der Waals surface area (Å²) in [5.41, 5.74) is 1.36. The fourth-order valence-corrected chi connectivity index (χ4v) is 3.69. The molecule has 1 amide bonds. The van der Waals surface area contributed by atoms with Crippen LogP contribution in [0.2, 0.25) is 10.2 Å². The van der Waals surface area contributed by atoms with Crippen LogP contribution in [0.1, 0.15) is 15.9 Å². The Morgan fingerprint density at radius 1 is 1.14 bits per heavy atom. The highest BCUT2D eigenvalue weighted by atomic mass is 35.5. The van der Waals surface area contributed by atoms with Gasteiger partial charge in [-0.3, -0.25) is 14.9 Å². The first-order chi connectivity index (χ1) is 13.3. The van der Waals surface area contributed by atoms with Gasteiger partial charge in [0.15, 0.2) is 5.15 Å². The van der Waals surface area contributed by atoms with Gasteiger partial charge in [-0.05, 0) is 36.8 Å². The zero-order chi connectivity index (χ0) is 20.3. The maximum atomic E-state index is 12.5. The van der Waals surface area contributed by atoms with Crippen LogP contribution in [0.15, 0.2) is 58.7 Å². The summed E-state index contributed by atoms with van der Waals surface area (Å²) < 4.78 is 0. The molecule has 7 nitrogen and oxygen atoms in total. The second kappa shape index (κ2) is 8.55. The van der Waals surface area contributed by atoms with E-state index in [0.29, 0.717) is 10.0 Å². The highest BCUT2D eigenvalue weighted by Gasteiger charge is 2.17. The minimum atomic E-state index is -0.536. The molecule has 0 saturated carbocycles. The number of non-ortho nitro benzene ring substituents is 1. The molecule has 0 unspecified atom stereocenters. The molecule has 0 aliphatic carbocycles. The number of anilines is 1. The van der Waals surface area contributed by atoms with E-state index in [1.54, 1.807) is 12.1 Å². The fraction of sp³-hybridized carbons (Fsp3) is 0.0556. The number of hydrogen-bond acceptors (Lipinski definition) is 6. The molecule has 0 atom stereocenters. The van der Waals surface area contributed by atoms with Crippen LogP contribution in [0.3, 0.4) is 0 Å². The van der Waals surface area contributed by atoms with Gasteiger partial charge >= 0.3 is 0 Å². The van der Waals surface area contributed by atoms with E-state index < -0.39 is 10.8 Å². The molecule has 0 saturated heterocycles. The van der Waals surface area contributed by atoms with Crippen LogP contribution < -0.4 is 5.32 Å². The Balaban J connectivity index is 1.88. The molecule has 0 fully saturated rings. The van der Waals surface area contributed by atoms with E-state index in [1.807, 2.05) is 13.0 Å². The number of nitrogens with one attached hydrogen (secondary N) is 1. The zero-order valence-electron chi connectivity index (χ0n) is 14.3. The monoisotopic (exact) mass is 434 g/mol. The van der Waals surface area contributed by atoms with Crippen LogP contribution in [-0.2, 0) is 0 Å². The summed E-state index contributed by atoms with van der Waals surface area (Å²) in [5.74, 6) is -0.490. The summed E-state index contributed by atoms with van der Waals surface area (Å²) >= 11 is 13.5. The molecule has 0 bridgehead atoms. The van der Waals surface area contributed by atoms with Gasteiger partial charge in [-0.15, -0.1) is 0 Å². The standard InChI is InChI=1S/C18H12Cl2N4O3S/c1-10-2-5-12(19)8-14(10)28-18-15(16(20)21-9-22-18)23-17(25)11-3-6-13(7-4-11)24(26)27/h2-9H,1H3,(H,23,25). The van der Waals surface area contributed by atoms with Gasteiger partial charge in [-0.25, -0.2) is 9.97 Å². The van der Waals surface area contributed by atoms with Crippen LogP contribution in [0.25, 0.3) is 0 Å². The Morgan fingerprint density at radius 2 is 1.86 bits per heavy atom. The summed E-state index contributed by atoms with van der Waals surface area (Å²) in [6.07, 6.45) is 1.30. The lowest BCUT2D eigenvalue weighted by Crippen LogP contribution is -2.14. The van der Waals surface area contributed by atoms with Crippen molar-refractivity contribution in [1.82, 2.24) is 9.97 Å². The average Bonchev–Trinajstić information content (AvgIpc) is 2.67. The van der Waals surface area contributed by atoms with E-state index in [1.165, 1.54) is 42.4 Å². The van der Waals surface area contributed by atoms with Gasteiger partial charge in [0.05, 0.1) is 4.92 Å². The molecule has 0 radical (unpaired) electrons. The van der Waals surface area contributed by atoms with Crippen molar-refractivity contribution in [3.8, 4) is 0 Å². The van der Waals surface area contributed by atoms with Crippen molar-refractivity contribution in [1.29, 1.82) is 0 Å². The minimum absolute atomic E-state index is 0.0763. The third-order valence-electron chi connectivity index (χ3n) is 3.70. The summed E-state index contributed by atoms with van der Waals surface area (Å²) in [6, 6.07) is 10.7. The molecule has 1 aromatic heterocycles. The van der Waals surface area contributed by atoms with Crippen LogP contribution in [0.5, 0.6) is 0 Å². The number of nitro groups is 1. The van der Waals surface area contributed by atoms with Crippen LogP contribution >= 0.6 is 35.0 Å². The molecule has 0 aliphatic heterocycles. The first-order valence-corrected chi connectivity index (χ1v) is 9.42. The molecule has 10 heteroatoms. The van der Waals surface area contributed by atoms with E-state index in [2.05, 4.69) is 15.3 Å². The van der Waals surface area contributed by atoms with Gasteiger partial charge in [0.25, 0.3) is 11.6 Å². The number of halogens is 2. The van der Waals surface area contributed by atoms with Gasteiger partial charge in [-0.1, -0.05) is 41.0 Å². The highest BCUT2D eigenvalue weighted by Crippen LogP contribution is 2.37. The molecule has 0 spiro atoms. The predicted octanol–water partition coefficient (Wildman–Crippen LogP) is 5.40. The normalized spacial score (nSPS) is 10.5. The number of amides is 1. The number of aryl methyl sites for hydroxylation is 1. The molecule has 3 rings (SSSR count). The number of nitro benzene ring substituents is 1. The van der Waals surface area contributed by atoms with Gasteiger partial charge in [0.1, 0.15) is 17.0 Å². The number of benzene rings is 2. The number of carbonyl (C=O) groups excluding carboxylic acids is 1. The third-order valence-corrected chi connectivity index (χ3v) is 5.39. The van der Waals surface area contributed by atoms with Crippen molar-refractivity contribution in [3.05, 3.63) is 80.2 Å². The Labute approximate surface area is 174 Å². The molecule has 1 heterocycles. The van der Waals surface area contributed by atoms with Gasteiger partial charge < -0.3 is 5.32 Å². The number of nitrogens with zero attached hydrogens (tertiary/aromatic N) is 3. The lowest BCUT2D eigenvalue weighted by atomic mass is 10.2. The first-order valence-electron chi connectivity index (χ1n) is 7.85. The Hall–Kier alpha value is -2.68. The van der Waals surface area contributed by atoms with Gasteiger partial charge in [0, 0.05) is 27.6 Å². The molecule has 3 aromatic rings. The SMILES string of the molecule is Cc1ccc(Cl)cc1Sc1ncnc(Cl)c1NC(=O)c1ccc([N+](=O)[O-])cc1. The smallest absolute Gasteiger partial charge is 0.269 e. The number of hydrogen-bond donors (Lipinski definition) is 1. The quantitative estimate of drug-likeness (QED) is 0.327. The van der Waals surface area contributed by atoms with E-state index >= 15 is 0 Å². The maximum Gasteiger partial charge on any atom is 0.269 e. The van der Waals surface area contributed by atoms with Crippen molar-refractivity contribution in [2.45, 2.75) is 16.8 Å². The van der Waals surface area contributed by atoms with Crippen molar-refractivity contribution < 1.29 is 9.72 Å². The minimum Gasteiger partial charge on any atom is -0.317 e. The van der Waals surface area contributed by atoms with Crippen molar-refractivity contribution in [2.24, 2.45) is 0 Å². The molecule has 28 heavy (non-hydrogen) atoms. The maximum absolute atomic E-state index is 12.5. The Kier molecular flexibility index (Phi) is 6.13.